The van der Waals surface area contributed by atoms with Crippen molar-refractivity contribution < 1.29 is 19.3 Å². The highest BCUT2D eigenvalue weighted by Crippen LogP contribution is 2.39. The zero-order chi connectivity index (χ0) is 21.3. The minimum Gasteiger partial charge on any atom is -0.509 e. The van der Waals surface area contributed by atoms with Crippen molar-refractivity contribution in [2.45, 2.75) is 0 Å². The van der Waals surface area contributed by atoms with Crippen molar-refractivity contribution >= 4 is 28.7 Å². The first-order valence-corrected chi connectivity index (χ1v) is 9.14. The summed E-state index contributed by atoms with van der Waals surface area (Å²) in [7, 11) is 4.60. The Bertz CT molecular complexity index is 1150. The number of H-pyrrole nitrogens is 1. The summed E-state index contributed by atoms with van der Waals surface area (Å²) in [5.41, 5.74) is 2.55. The van der Waals surface area contributed by atoms with Gasteiger partial charge in [0, 0.05) is 5.56 Å². The van der Waals surface area contributed by atoms with E-state index in [0.717, 1.165) is 11.0 Å². The van der Waals surface area contributed by atoms with Crippen LogP contribution in [-0.4, -0.2) is 60.0 Å². The number of benzene rings is 2. The van der Waals surface area contributed by atoms with Gasteiger partial charge in [-0.25, -0.2) is 9.99 Å². The summed E-state index contributed by atoms with van der Waals surface area (Å²) in [6.45, 7) is 0.0668. The number of amidine groups is 1. The summed E-state index contributed by atoms with van der Waals surface area (Å²) in [4.78, 5) is 7.61. The smallest absolute Gasteiger partial charge is 0.203 e. The molecule has 0 saturated heterocycles. The summed E-state index contributed by atoms with van der Waals surface area (Å²) in [6, 6.07) is 11.1. The maximum absolute atomic E-state index is 10.5. The number of hydrogen-bond donors (Lipinski definition) is 3. The molecule has 4 rings (SSSR count). The molecule has 154 valence electrons. The van der Waals surface area contributed by atoms with E-state index in [2.05, 4.69) is 15.1 Å². The topological polar surface area (TPSA) is 116 Å². The molecule has 9 heteroatoms. The van der Waals surface area contributed by atoms with E-state index in [0.29, 0.717) is 34.2 Å². The molecule has 0 amide bonds. The molecular weight excluding hydrogens is 386 g/mol. The van der Waals surface area contributed by atoms with E-state index in [1.807, 2.05) is 24.3 Å². The van der Waals surface area contributed by atoms with Gasteiger partial charge in [0.05, 0.1) is 38.6 Å². The molecule has 3 aromatic rings. The van der Waals surface area contributed by atoms with Gasteiger partial charge in [-0.05, 0) is 24.3 Å². The van der Waals surface area contributed by atoms with E-state index in [1.54, 1.807) is 25.5 Å². The first-order valence-electron chi connectivity index (χ1n) is 9.14. The lowest BCUT2D eigenvalue weighted by Crippen LogP contribution is -2.21. The third-order valence-electron chi connectivity index (χ3n) is 4.78. The molecule has 0 bridgehead atoms. The van der Waals surface area contributed by atoms with Gasteiger partial charge in [0.15, 0.2) is 17.3 Å². The van der Waals surface area contributed by atoms with Crippen LogP contribution in [0.3, 0.4) is 0 Å². The third-order valence-corrected chi connectivity index (χ3v) is 4.78. The lowest BCUT2D eigenvalue weighted by atomic mass is 10.2. The van der Waals surface area contributed by atoms with Crippen LogP contribution in [0.4, 0.5) is 0 Å². The quantitative estimate of drug-likeness (QED) is 0.541. The Hall–Kier alpha value is -4.01. The van der Waals surface area contributed by atoms with E-state index < -0.39 is 0 Å². The number of aliphatic hydroxyl groups is 1. The first kappa shape index (κ1) is 19.3. The fraction of sp³-hybridized carbons (Fsp3) is 0.190. The maximum atomic E-state index is 10.5. The molecule has 3 N–H and O–H groups in total. The number of hydrazone groups is 1. The first-order chi connectivity index (χ1) is 14.6. The highest BCUT2D eigenvalue weighted by Gasteiger charge is 2.30. The Morgan fingerprint density at radius 3 is 2.57 bits per heavy atom. The van der Waals surface area contributed by atoms with Crippen LogP contribution in [0.25, 0.3) is 16.6 Å². The number of aromatic amines is 1. The van der Waals surface area contributed by atoms with E-state index in [4.69, 9.17) is 19.6 Å². The molecule has 0 spiro atoms. The Balaban J connectivity index is 1.62. The van der Waals surface area contributed by atoms with Crippen LogP contribution in [0.15, 0.2) is 47.3 Å². The van der Waals surface area contributed by atoms with Crippen LogP contribution in [0.1, 0.15) is 11.4 Å². The fourth-order valence-corrected chi connectivity index (χ4v) is 3.34. The molecule has 0 aliphatic carbocycles. The van der Waals surface area contributed by atoms with Gasteiger partial charge in [-0.3, -0.25) is 5.41 Å². The lowest BCUT2D eigenvalue weighted by molar-refractivity contribution is 0.324. The number of para-hydroxylation sites is 2. The van der Waals surface area contributed by atoms with E-state index in [9.17, 15) is 5.11 Å². The second kappa shape index (κ2) is 7.78. The van der Waals surface area contributed by atoms with Crippen molar-refractivity contribution in [3.8, 4) is 17.2 Å². The molecule has 1 aromatic heterocycles. The minimum atomic E-state index is 0.0236. The standard InChI is InChI=1S/C21H21N5O4/c1-28-16-9-8-12(18(29-2)19(16)30-3)10-23-26-11-15(27)17(20(26)22)21-24-13-6-4-5-7-14(13)25-21/h4-10,22,27H,11H2,1-3H3,(H,24,25)/b22-20?,23-10-. The van der Waals surface area contributed by atoms with E-state index in [-0.39, 0.29) is 18.1 Å². The Morgan fingerprint density at radius 2 is 1.87 bits per heavy atom. The molecule has 2 aromatic carbocycles. The van der Waals surface area contributed by atoms with Crippen LogP contribution >= 0.6 is 0 Å². The number of rotatable bonds is 6. The largest absolute Gasteiger partial charge is 0.509 e. The second-order valence-corrected chi connectivity index (χ2v) is 6.50. The molecule has 2 heterocycles. The molecule has 0 fully saturated rings. The maximum Gasteiger partial charge on any atom is 0.203 e. The predicted molar refractivity (Wildman–Crippen MR) is 114 cm³/mol. The van der Waals surface area contributed by atoms with Crippen molar-refractivity contribution in [3.63, 3.8) is 0 Å². The number of aromatic nitrogens is 2. The second-order valence-electron chi connectivity index (χ2n) is 6.50. The normalized spacial score (nSPS) is 14.2. The average Bonchev–Trinajstić information content (AvgIpc) is 3.30. The highest BCUT2D eigenvalue weighted by molar-refractivity contribution is 6.23. The summed E-state index contributed by atoms with van der Waals surface area (Å²) < 4.78 is 16.1. The average molecular weight is 407 g/mol. The van der Waals surface area contributed by atoms with Crippen molar-refractivity contribution in [1.29, 1.82) is 5.41 Å². The minimum absolute atomic E-state index is 0.0236. The van der Waals surface area contributed by atoms with Gasteiger partial charge >= 0.3 is 0 Å². The van der Waals surface area contributed by atoms with Crippen molar-refractivity contribution in [2.24, 2.45) is 5.10 Å². The van der Waals surface area contributed by atoms with Gasteiger partial charge in [0.25, 0.3) is 0 Å². The molecule has 1 aliphatic heterocycles. The fourth-order valence-electron chi connectivity index (χ4n) is 3.34. The van der Waals surface area contributed by atoms with Gasteiger partial charge in [-0.1, -0.05) is 12.1 Å². The zero-order valence-corrected chi connectivity index (χ0v) is 16.8. The summed E-state index contributed by atoms with van der Waals surface area (Å²) >= 11 is 0. The summed E-state index contributed by atoms with van der Waals surface area (Å²) in [5, 5.41) is 24.7. The number of ether oxygens (including phenoxy) is 3. The number of imidazole rings is 1. The van der Waals surface area contributed by atoms with Gasteiger partial charge in [0.2, 0.25) is 5.75 Å². The van der Waals surface area contributed by atoms with Gasteiger partial charge in [0.1, 0.15) is 23.7 Å². The third kappa shape index (κ3) is 3.20. The van der Waals surface area contributed by atoms with Crippen LogP contribution in [-0.2, 0) is 0 Å². The van der Waals surface area contributed by atoms with Gasteiger partial charge in [-0.2, -0.15) is 5.10 Å². The van der Waals surface area contributed by atoms with E-state index in [1.165, 1.54) is 19.2 Å². The number of methoxy groups -OCH3 is 3. The molecule has 30 heavy (non-hydrogen) atoms. The summed E-state index contributed by atoms with van der Waals surface area (Å²) in [5.74, 6) is 1.94. The number of nitrogens with one attached hydrogen (secondary N) is 2. The number of nitrogens with zero attached hydrogens (tertiary/aromatic N) is 3. The zero-order valence-electron chi connectivity index (χ0n) is 16.8. The lowest BCUT2D eigenvalue weighted by Gasteiger charge is -2.15. The summed E-state index contributed by atoms with van der Waals surface area (Å²) in [6.07, 6.45) is 1.55. The molecule has 9 nitrogen and oxygen atoms in total. The highest BCUT2D eigenvalue weighted by atomic mass is 16.5. The number of fused-ring (bicyclic) bond motifs is 1. The predicted octanol–water partition coefficient (Wildman–Crippen LogP) is 3.18. The molecule has 0 saturated carbocycles. The van der Waals surface area contributed by atoms with Gasteiger partial charge in [-0.15, -0.1) is 0 Å². The molecular formula is C21H21N5O4. The van der Waals surface area contributed by atoms with Crippen LogP contribution in [0.5, 0.6) is 17.2 Å². The number of hydrogen-bond acceptors (Lipinski definition) is 7. The van der Waals surface area contributed by atoms with E-state index >= 15 is 0 Å². The van der Waals surface area contributed by atoms with Crippen LogP contribution in [0.2, 0.25) is 0 Å². The Morgan fingerprint density at radius 1 is 1.10 bits per heavy atom. The number of aliphatic hydroxyl groups excluding tert-OH is 1. The SMILES string of the molecule is COc1ccc(/C=N\N2CC(O)=C(c3nc4ccccc4[nH]3)C2=N)c(OC)c1OC. The van der Waals surface area contributed by atoms with Crippen molar-refractivity contribution in [3.05, 3.63) is 53.5 Å². The molecule has 1 aliphatic rings. The van der Waals surface area contributed by atoms with Gasteiger partial charge < -0.3 is 24.3 Å². The molecule has 0 radical (unpaired) electrons. The molecule has 0 unspecified atom stereocenters. The van der Waals surface area contributed by atoms with Crippen LogP contribution < -0.4 is 14.2 Å². The van der Waals surface area contributed by atoms with Crippen LogP contribution in [0, 0.1) is 5.41 Å². The Kier molecular flexibility index (Phi) is 5.01. The molecule has 0 atom stereocenters. The Labute approximate surface area is 172 Å². The monoisotopic (exact) mass is 407 g/mol. The van der Waals surface area contributed by atoms with Crippen molar-refractivity contribution in [2.75, 3.05) is 27.9 Å². The van der Waals surface area contributed by atoms with Crippen molar-refractivity contribution in [1.82, 2.24) is 15.0 Å².